The molecule has 0 aromatic carbocycles. The van der Waals surface area contributed by atoms with Crippen LogP contribution in [0.2, 0.25) is 0 Å². The molecule has 0 aliphatic carbocycles. The van der Waals surface area contributed by atoms with E-state index in [9.17, 15) is 8.42 Å². The van der Waals surface area contributed by atoms with Crippen molar-refractivity contribution >= 4 is 21.4 Å². The average Bonchev–Trinajstić information content (AvgIpc) is 2.26. The van der Waals surface area contributed by atoms with Gasteiger partial charge in [-0.3, -0.25) is 0 Å². The van der Waals surface area contributed by atoms with Crippen LogP contribution >= 0.6 is 11.6 Å². The Labute approximate surface area is 107 Å². The van der Waals surface area contributed by atoms with E-state index < -0.39 is 15.1 Å². The lowest BCUT2D eigenvalue weighted by atomic mass is 10.2. The van der Waals surface area contributed by atoms with E-state index in [1.807, 2.05) is 13.8 Å². The topological polar surface area (TPSA) is 59.9 Å². The Morgan fingerprint density at radius 2 is 1.88 bits per heavy atom. The fourth-order valence-electron chi connectivity index (χ4n) is 1.25. The van der Waals surface area contributed by atoms with E-state index in [-0.39, 0.29) is 16.8 Å². The zero-order valence-corrected chi connectivity index (χ0v) is 12.0. The highest BCUT2D eigenvalue weighted by atomic mass is 35.5. The normalized spacial score (nSPS) is 14.0. The zero-order chi connectivity index (χ0) is 13.2. The fraction of sp³-hybridized carbons (Fsp3) is 0.636. The molecule has 0 amide bonds. The predicted octanol–water partition coefficient (Wildman–Crippen LogP) is 2.31. The Balaban J connectivity index is 3.32. The summed E-state index contributed by atoms with van der Waals surface area (Å²) < 4.78 is 24.2. The van der Waals surface area contributed by atoms with Crippen molar-refractivity contribution in [3.05, 3.63) is 17.6 Å². The molecule has 0 saturated carbocycles. The van der Waals surface area contributed by atoms with E-state index >= 15 is 0 Å². The van der Waals surface area contributed by atoms with Gasteiger partial charge in [-0.1, -0.05) is 13.8 Å². The van der Waals surface area contributed by atoms with Crippen molar-refractivity contribution in [2.24, 2.45) is 0 Å². The van der Waals surface area contributed by atoms with E-state index in [1.54, 1.807) is 13.8 Å². The molecule has 96 valence electrons. The minimum absolute atomic E-state index is 0.0579. The first kappa shape index (κ1) is 14.4. The molecule has 0 aliphatic rings. The van der Waals surface area contributed by atoms with Crippen molar-refractivity contribution in [1.82, 2.24) is 9.97 Å². The Kier molecular flexibility index (Phi) is 4.49. The minimum atomic E-state index is -3.45. The quantitative estimate of drug-likeness (QED) is 0.625. The van der Waals surface area contributed by atoms with Gasteiger partial charge in [-0.05, 0) is 19.9 Å². The number of hydrogen-bond donors (Lipinski definition) is 0. The summed E-state index contributed by atoms with van der Waals surface area (Å²) in [6.45, 7) is 7.19. The molecule has 0 saturated heterocycles. The molecule has 1 heterocycles. The van der Waals surface area contributed by atoms with Gasteiger partial charge in [0.05, 0.1) is 5.25 Å². The number of nitrogens with zero attached hydrogens (tertiary/aromatic N) is 2. The summed E-state index contributed by atoms with van der Waals surface area (Å²) in [5.41, 5.74) is 0.657. The van der Waals surface area contributed by atoms with Crippen molar-refractivity contribution in [1.29, 1.82) is 0 Å². The van der Waals surface area contributed by atoms with Gasteiger partial charge >= 0.3 is 0 Å². The van der Waals surface area contributed by atoms with Gasteiger partial charge in [0.25, 0.3) is 0 Å². The summed E-state index contributed by atoms with van der Waals surface area (Å²) in [5.74, 6) is 0.697. The van der Waals surface area contributed by atoms with Crippen LogP contribution in [0.1, 0.15) is 38.2 Å². The first-order valence-corrected chi connectivity index (χ1v) is 7.52. The second-order valence-electron chi connectivity index (χ2n) is 4.37. The standard InChI is InChI=1S/C11H17ClN2O2S/c1-7(2)11-13-8(3)5-10(14-11)17(15,16)9(4)6-12/h5,7,9H,6H2,1-4H3. The third-order valence-electron chi connectivity index (χ3n) is 2.40. The molecule has 1 atom stereocenters. The first-order valence-electron chi connectivity index (χ1n) is 5.44. The van der Waals surface area contributed by atoms with Crippen LogP contribution in [-0.4, -0.2) is 29.5 Å². The molecule has 6 heteroatoms. The maximum absolute atomic E-state index is 12.1. The van der Waals surface area contributed by atoms with E-state index in [0.717, 1.165) is 0 Å². The lowest BCUT2D eigenvalue weighted by molar-refractivity contribution is 0.581. The predicted molar refractivity (Wildman–Crippen MR) is 68.2 cm³/mol. The van der Waals surface area contributed by atoms with Crippen LogP contribution in [0, 0.1) is 6.92 Å². The third-order valence-corrected chi connectivity index (χ3v) is 5.07. The molecule has 0 aliphatic heterocycles. The molecule has 1 aromatic heterocycles. The van der Waals surface area contributed by atoms with Gasteiger partial charge in [-0.15, -0.1) is 11.6 Å². The van der Waals surface area contributed by atoms with Crippen LogP contribution in [0.15, 0.2) is 11.1 Å². The van der Waals surface area contributed by atoms with Crippen molar-refractivity contribution in [2.45, 2.75) is 43.9 Å². The maximum Gasteiger partial charge on any atom is 0.199 e. The third kappa shape index (κ3) is 3.16. The van der Waals surface area contributed by atoms with E-state index in [4.69, 9.17) is 11.6 Å². The highest BCUT2D eigenvalue weighted by Crippen LogP contribution is 2.18. The zero-order valence-electron chi connectivity index (χ0n) is 10.4. The molecule has 1 aromatic rings. The molecule has 0 spiro atoms. The van der Waals surface area contributed by atoms with Crippen LogP contribution in [0.25, 0.3) is 0 Å². The first-order chi connectivity index (χ1) is 7.78. The number of aryl methyl sites for hydroxylation is 1. The molecule has 4 nitrogen and oxygen atoms in total. The Morgan fingerprint density at radius 3 is 2.35 bits per heavy atom. The van der Waals surface area contributed by atoms with Gasteiger partial charge in [0, 0.05) is 17.5 Å². The second kappa shape index (κ2) is 5.31. The Hall–Kier alpha value is -0.680. The molecule has 0 radical (unpaired) electrons. The molecule has 17 heavy (non-hydrogen) atoms. The Bertz CT molecular complexity index is 500. The van der Waals surface area contributed by atoms with Gasteiger partial charge in [0.1, 0.15) is 5.82 Å². The van der Waals surface area contributed by atoms with Crippen molar-refractivity contribution in [3.63, 3.8) is 0 Å². The molecular weight excluding hydrogens is 260 g/mol. The summed E-state index contributed by atoms with van der Waals surface area (Å²) in [6.07, 6.45) is 0. The lowest BCUT2D eigenvalue weighted by Crippen LogP contribution is -2.21. The Morgan fingerprint density at radius 1 is 1.29 bits per heavy atom. The maximum atomic E-state index is 12.1. The number of aromatic nitrogens is 2. The summed E-state index contributed by atoms with van der Waals surface area (Å²) >= 11 is 5.61. The van der Waals surface area contributed by atoms with Crippen molar-refractivity contribution in [3.8, 4) is 0 Å². The number of rotatable bonds is 4. The van der Waals surface area contributed by atoms with E-state index in [0.29, 0.717) is 11.5 Å². The average molecular weight is 277 g/mol. The highest BCUT2D eigenvalue weighted by Gasteiger charge is 2.25. The molecule has 1 rings (SSSR count). The summed E-state index contributed by atoms with van der Waals surface area (Å²) in [4.78, 5) is 8.34. The van der Waals surface area contributed by atoms with Gasteiger partial charge in [-0.2, -0.15) is 0 Å². The SMILES string of the molecule is Cc1cc(S(=O)(=O)C(C)CCl)nc(C(C)C)n1. The molecule has 0 N–H and O–H groups in total. The lowest BCUT2D eigenvalue weighted by Gasteiger charge is -2.12. The largest absolute Gasteiger partial charge is 0.238 e. The van der Waals surface area contributed by atoms with Crippen LogP contribution in [-0.2, 0) is 9.84 Å². The van der Waals surface area contributed by atoms with E-state index in [1.165, 1.54) is 6.07 Å². The second-order valence-corrected chi connectivity index (χ2v) is 6.99. The van der Waals surface area contributed by atoms with E-state index in [2.05, 4.69) is 9.97 Å². The highest BCUT2D eigenvalue weighted by molar-refractivity contribution is 7.92. The number of alkyl halides is 1. The molecular formula is C11H17ClN2O2S. The van der Waals surface area contributed by atoms with Crippen LogP contribution in [0.3, 0.4) is 0 Å². The van der Waals surface area contributed by atoms with Crippen LogP contribution in [0.5, 0.6) is 0 Å². The number of sulfone groups is 1. The van der Waals surface area contributed by atoms with Gasteiger partial charge < -0.3 is 0 Å². The smallest absolute Gasteiger partial charge is 0.199 e. The molecule has 0 fully saturated rings. The summed E-state index contributed by atoms with van der Waals surface area (Å²) in [5, 5.41) is -0.569. The van der Waals surface area contributed by atoms with Gasteiger partial charge in [0.15, 0.2) is 14.9 Å². The minimum Gasteiger partial charge on any atom is -0.238 e. The molecule has 0 bridgehead atoms. The van der Waals surface area contributed by atoms with Gasteiger partial charge in [0.2, 0.25) is 0 Å². The number of halogens is 1. The monoisotopic (exact) mass is 276 g/mol. The van der Waals surface area contributed by atoms with Gasteiger partial charge in [-0.25, -0.2) is 18.4 Å². The van der Waals surface area contributed by atoms with Crippen LogP contribution < -0.4 is 0 Å². The number of hydrogen-bond acceptors (Lipinski definition) is 4. The summed E-state index contributed by atoms with van der Waals surface area (Å²) in [7, 11) is -3.45. The fourth-order valence-corrected chi connectivity index (χ4v) is 2.89. The summed E-state index contributed by atoms with van der Waals surface area (Å²) in [6, 6.07) is 1.49. The van der Waals surface area contributed by atoms with Crippen molar-refractivity contribution < 1.29 is 8.42 Å². The molecule has 1 unspecified atom stereocenters. The van der Waals surface area contributed by atoms with Crippen molar-refractivity contribution in [2.75, 3.05) is 5.88 Å². The van der Waals surface area contributed by atoms with Crippen LogP contribution in [0.4, 0.5) is 0 Å².